The summed E-state index contributed by atoms with van der Waals surface area (Å²) < 4.78 is 0. The predicted octanol–water partition coefficient (Wildman–Crippen LogP) is 3.52. The summed E-state index contributed by atoms with van der Waals surface area (Å²) in [5, 5.41) is 3.62. The van der Waals surface area contributed by atoms with Crippen LogP contribution in [0.2, 0.25) is 10.4 Å². The molecule has 0 aliphatic carbocycles. The standard InChI is InChI=1S/C13H8Cl2N4O/c14-10-6-11(19-13(15)17-10)18-12(20)8-2-1-3-9-7(8)4-5-16-9/h1-6,16H,(H,17,18,19,20). The van der Waals surface area contributed by atoms with Crippen LogP contribution in [-0.2, 0) is 0 Å². The molecular formula is C13H8Cl2N4O. The van der Waals surface area contributed by atoms with Crippen molar-refractivity contribution in [2.75, 3.05) is 5.32 Å². The highest BCUT2D eigenvalue weighted by Crippen LogP contribution is 2.20. The second-order valence-electron chi connectivity index (χ2n) is 4.04. The van der Waals surface area contributed by atoms with Crippen molar-refractivity contribution in [3.63, 3.8) is 0 Å². The molecule has 0 aliphatic rings. The summed E-state index contributed by atoms with van der Waals surface area (Å²) >= 11 is 11.5. The van der Waals surface area contributed by atoms with Crippen LogP contribution in [0.3, 0.4) is 0 Å². The number of hydrogen-bond donors (Lipinski definition) is 2. The number of carbonyl (C=O) groups is 1. The van der Waals surface area contributed by atoms with E-state index in [1.165, 1.54) is 6.07 Å². The molecular weight excluding hydrogens is 299 g/mol. The number of halogens is 2. The number of anilines is 1. The molecule has 2 heterocycles. The van der Waals surface area contributed by atoms with Gasteiger partial charge in [0.1, 0.15) is 11.0 Å². The third-order valence-electron chi connectivity index (χ3n) is 2.75. The van der Waals surface area contributed by atoms with E-state index in [0.29, 0.717) is 5.56 Å². The number of rotatable bonds is 2. The number of aromatic amines is 1. The summed E-state index contributed by atoms with van der Waals surface area (Å²) in [6.07, 6.45) is 1.78. The SMILES string of the molecule is O=C(Nc1cc(Cl)nc(Cl)n1)c1cccc2[nH]ccc12. The number of benzene rings is 1. The molecule has 7 heteroatoms. The zero-order valence-corrected chi connectivity index (χ0v) is 11.5. The fraction of sp³-hybridized carbons (Fsp3) is 0. The zero-order chi connectivity index (χ0) is 14.1. The lowest BCUT2D eigenvalue weighted by atomic mass is 10.1. The molecule has 2 N–H and O–H groups in total. The molecule has 0 atom stereocenters. The minimum atomic E-state index is -0.291. The van der Waals surface area contributed by atoms with Crippen LogP contribution in [0.1, 0.15) is 10.4 Å². The van der Waals surface area contributed by atoms with Gasteiger partial charge in [-0.25, -0.2) is 9.97 Å². The predicted molar refractivity (Wildman–Crippen MR) is 78.3 cm³/mol. The van der Waals surface area contributed by atoms with E-state index in [2.05, 4.69) is 20.3 Å². The first-order valence-corrected chi connectivity index (χ1v) is 6.46. The molecule has 100 valence electrons. The first-order valence-electron chi connectivity index (χ1n) is 5.71. The second kappa shape index (κ2) is 5.11. The fourth-order valence-corrected chi connectivity index (χ4v) is 2.33. The van der Waals surface area contributed by atoms with Gasteiger partial charge in [-0.2, -0.15) is 0 Å². The topological polar surface area (TPSA) is 70.7 Å². The Morgan fingerprint density at radius 3 is 2.85 bits per heavy atom. The molecule has 3 aromatic rings. The highest BCUT2D eigenvalue weighted by molar-refractivity contribution is 6.32. The lowest BCUT2D eigenvalue weighted by Gasteiger charge is -2.06. The quantitative estimate of drug-likeness (QED) is 0.562. The van der Waals surface area contributed by atoms with Crippen LogP contribution in [0, 0.1) is 0 Å². The third-order valence-corrected chi connectivity index (χ3v) is 3.11. The Bertz CT molecular complexity index is 780. The van der Waals surface area contributed by atoms with Crippen molar-refractivity contribution in [3.8, 4) is 0 Å². The lowest BCUT2D eigenvalue weighted by Crippen LogP contribution is -2.13. The summed E-state index contributed by atoms with van der Waals surface area (Å²) in [6.45, 7) is 0. The van der Waals surface area contributed by atoms with Crippen molar-refractivity contribution in [1.82, 2.24) is 15.0 Å². The fourth-order valence-electron chi connectivity index (χ4n) is 1.92. The van der Waals surface area contributed by atoms with Crippen LogP contribution in [0.15, 0.2) is 36.5 Å². The van der Waals surface area contributed by atoms with Crippen LogP contribution in [0.25, 0.3) is 10.9 Å². The van der Waals surface area contributed by atoms with Crippen LogP contribution in [0.4, 0.5) is 5.82 Å². The summed E-state index contributed by atoms with van der Waals surface area (Å²) in [7, 11) is 0. The van der Waals surface area contributed by atoms with Crippen LogP contribution >= 0.6 is 23.2 Å². The number of nitrogens with one attached hydrogen (secondary N) is 2. The summed E-state index contributed by atoms with van der Waals surface area (Å²) in [5.41, 5.74) is 1.42. The van der Waals surface area contributed by atoms with Gasteiger partial charge in [0.05, 0.1) is 0 Å². The Morgan fingerprint density at radius 2 is 2.05 bits per heavy atom. The second-order valence-corrected chi connectivity index (χ2v) is 4.77. The molecule has 0 fully saturated rings. The Labute approximate surface area is 124 Å². The maximum atomic E-state index is 12.3. The molecule has 0 unspecified atom stereocenters. The van der Waals surface area contributed by atoms with E-state index in [4.69, 9.17) is 23.2 Å². The van der Waals surface area contributed by atoms with Crippen molar-refractivity contribution in [2.45, 2.75) is 0 Å². The number of carbonyl (C=O) groups excluding carboxylic acids is 1. The zero-order valence-electron chi connectivity index (χ0n) is 10.0. The molecule has 0 spiro atoms. The number of H-pyrrole nitrogens is 1. The Balaban J connectivity index is 1.95. The number of hydrogen-bond acceptors (Lipinski definition) is 3. The summed E-state index contributed by atoms with van der Waals surface area (Å²) in [6, 6.07) is 8.70. The van der Waals surface area contributed by atoms with Crippen molar-refractivity contribution in [1.29, 1.82) is 0 Å². The molecule has 0 aliphatic heterocycles. The normalized spacial score (nSPS) is 10.7. The Morgan fingerprint density at radius 1 is 1.20 bits per heavy atom. The highest BCUT2D eigenvalue weighted by Gasteiger charge is 2.12. The molecule has 2 aromatic heterocycles. The third kappa shape index (κ3) is 2.45. The van der Waals surface area contributed by atoms with Crippen LogP contribution < -0.4 is 5.32 Å². The van der Waals surface area contributed by atoms with Crippen molar-refractivity contribution < 1.29 is 4.79 Å². The summed E-state index contributed by atoms with van der Waals surface area (Å²) in [5.74, 6) is -0.0337. The van der Waals surface area contributed by atoms with Crippen molar-refractivity contribution in [3.05, 3.63) is 52.5 Å². The number of nitrogens with zero attached hydrogens (tertiary/aromatic N) is 2. The van der Waals surface area contributed by atoms with Gasteiger partial charge < -0.3 is 10.3 Å². The van der Waals surface area contributed by atoms with Crippen molar-refractivity contribution in [2.24, 2.45) is 0 Å². The van der Waals surface area contributed by atoms with Gasteiger partial charge in [-0.3, -0.25) is 4.79 Å². The molecule has 1 amide bonds. The van der Waals surface area contributed by atoms with Crippen molar-refractivity contribution >= 4 is 45.8 Å². The first kappa shape index (κ1) is 12.9. The van der Waals surface area contributed by atoms with Gasteiger partial charge in [-0.05, 0) is 29.8 Å². The van der Waals surface area contributed by atoms with Gasteiger partial charge in [0.25, 0.3) is 5.91 Å². The number of aromatic nitrogens is 3. The minimum Gasteiger partial charge on any atom is -0.361 e. The highest BCUT2D eigenvalue weighted by atomic mass is 35.5. The van der Waals surface area contributed by atoms with E-state index in [-0.39, 0.29) is 22.2 Å². The molecule has 20 heavy (non-hydrogen) atoms. The average molecular weight is 307 g/mol. The van der Waals surface area contributed by atoms with Gasteiger partial charge in [-0.15, -0.1) is 0 Å². The summed E-state index contributed by atoms with van der Waals surface area (Å²) in [4.78, 5) is 22.9. The maximum absolute atomic E-state index is 12.3. The molecule has 3 rings (SSSR count). The van der Waals surface area contributed by atoms with Crippen LogP contribution in [-0.4, -0.2) is 20.9 Å². The van der Waals surface area contributed by atoms with Gasteiger partial charge in [0.2, 0.25) is 5.28 Å². The molecule has 5 nitrogen and oxygen atoms in total. The van der Waals surface area contributed by atoms with E-state index in [0.717, 1.165) is 10.9 Å². The Hall–Kier alpha value is -2.11. The maximum Gasteiger partial charge on any atom is 0.257 e. The lowest BCUT2D eigenvalue weighted by molar-refractivity contribution is 0.102. The molecule has 0 radical (unpaired) electrons. The van der Waals surface area contributed by atoms with Gasteiger partial charge >= 0.3 is 0 Å². The van der Waals surface area contributed by atoms with E-state index >= 15 is 0 Å². The average Bonchev–Trinajstić information content (AvgIpc) is 2.85. The van der Waals surface area contributed by atoms with E-state index in [1.807, 2.05) is 12.1 Å². The molecule has 1 aromatic carbocycles. The van der Waals surface area contributed by atoms with Gasteiger partial charge in [-0.1, -0.05) is 17.7 Å². The van der Waals surface area contributed by atoms with Gasteiger partial charge in [0, 0.05) is 28.7 Å². The number of fused-ring (bicyclic) bond motifs is 1. The van der Waals surface area contributed by atoms with E-state index in [9.17, 15) is 4.79 Å². The largest absolute Gasteiger partial charge is 0.361 e. The number of amides is 1. The smallest absolute Gasteiger partial charge is 0.257 e. The van der Waals surface area contributed by atoms with Gasteiger partial charge in [0.15, 0.2) is 0 Å². The first-order chi connectivity index (χ1) is 9.63. The minimum absolute atomic E-state index is 0.0207. The monoisotopic (exact) mass is 306 g/mol. The van der Waals surface area contributed by atoms with Crippen LogP contribution in [0.5, 0.6) is 0 Å². The molecule has 0 saturated carbocycles. The van der Waals surface area contributed by atoms with E-state index < -0.39 is 0 Å². The van der Waals surface area contributed by atoms with E-state index in [1.54, 1.807) is 18.3 Å². The Kier molecular flexibility index (Phi) is 3.30. The molecule has 0 bridgehead atoms. The molecule has 0 saturated heterocycles.